The predicted octanol–water partition coefficient (Wildman–Crippen LogP) is 16.8. The Balaban J connectivity index is 0.959. The monoisotopic (exact) mass is 794 g/mol. The lowest BCUT2D eigenvalue weighted by atomic mass is 9.91. The molecule has 0 aliphatic rings. The molecule has 12 rings (SSSR count). The molecule has 0 fully saturated rings. The maximum Gasteiger partial charge on any atom is 0.0541 e. The van der Waals surface area contributed by atoms with Gasteiger partial charge in [0.2, 0.25) is 0 Å². The van der Waals surface area contributed by atoms with E-state index in [9.17, 15) is 0 Å². The lowest BCUT2D eigenvalue weighted by molar-refractivity contribution is 1.18. The third-order valence-corrected chi connectivity index (χ3v) is 13.3. The highest BCUT2D eigenvalue weighted by atomic mass is 32.1. The van der Waals surface area contributed by atoms with E-state index in [1.54, 1.807) is 0 Å². The van der Waals surface area contributed by atoms with Crippen LogP contribution in [0, 0.1) is 0 Å². The summed E-state index contributed by atoms with van der Waals surface area (Å²) in [6.45, 7) is 0. The molecule has 286 valence electrons. The summed E-state index contributed by atoms with van der Waals surface area (Å²) in [6, 6.07) is 84.2. The molecule has 0 atom stereocenters. The number of hydrogen-bond acceptors (Lipinski definition) is 2. The van der Waals surface area contributed by atoms with Gasteiger partial charge in [-0.2, -0.15) is 0 Å². The molecule has 2 aromatic heterocycles. The molecule has 0 spiro atoms. The molecule has 0 aliphatic carbocycles. The number of hydrogen-bond donors (Lipinski definition) is 0. The van der Waals surface area contributed by atoms with Crippen molar-refractivity contribution >= 4 is 81.1 Å². The predicted molar refractivity (Wildman–Crippen MR) is 262 cm³/mol. The molecule has 10 aromatic carbocycles. The van der Waals surface area contributed by atoms with Crippen LogP contribution in [0.3, 0.4) is 0 Å². The molecule has 0 amide bonds. The van der Waals surface area contributed by atoms with Crippen molar-refractivity contribution in [2.24, 2.45) is 0 Å². The third kappa shape index (κ3) is 6.01. The third-order valence-electron chi connectivity index (χ3n) is 12.2. The van der Waals surface area contributed by atoms with E-state index in [-0.39, 0.29) is 0 Å². The first-order valence-corrected chi connectivity index (χ1v) is 21.6. The molecule has 12 aromatic rings. The molecule has 0 saturated carbocycles. The maximum atomic E-state index is 2.40. The van der Waals surface area contributed by atoms with E-state index < -0.39 is 0 Å². The number of thiophene rings is 1. The summed E-state index contributed by atoms with van der Waals surface area (Å²) in [5.74, 6) is 0. The zero-order chi connectivity index (χ0) is 40.3. The van der Waals surface area contributed by atoms with Crippen LogP contribution in [-0.2, 0) is 0 Å². The second kappa shape index (κ2) is 14.5. The minimum Gasteiger partial charge on any atom is -0.310 e. The van der Waals surface area contributed by atoms with Gasteiger partial charge in [0.25, 0.3) is 0 Å². The fourth-order valence-electron chi connectivity index (χ4n) is 9.36. The number of aromatic nitrogens is 1. The standard InChI is InChI=1S/C58H38N2S/c1-2-13-40(14-3-1)48-22-11-15-42-16-12-23-49(58(42)48)41-29-33-45(34-30-41)59(47-35-36-57-53(38-47)52-21-6-9-26-56(52)61-57)44-31-27-39(28-32-44)43-17-10-18-46(37-43)60-54-24-7-4-19-50(54)51-20-5-8-25-55(51)60/h1-38H. The Labute approximate surface area is 358 Å². The summed E-state index contributed by atoms with van der Waals surface area (Å²) >= 11 is 1.85. The van der Waals surface area contributed by atoms with Crippen LogP contribution in [-0.4, -0.2) is 4.57 Å². The summed E-state index contributed by atoms with van der Waals surface area (Å²) < 4.78 is 4.99. The molecule has 0 unspecified atom stereocenters. The van der Waals surface area contributed by atoms with Crippen molar-refractivity contribution in [3.8, 4) is 39.1 Å². The van der Waals surface area contributed by atoms with Crippen molar-refractivity contribution in [2.75, 3.05) is 4.90 Å². The van der Waals surface area contributed by atoms with E-state index >= 15 is 0 Å². The Kier molecular flexibility index (Phi) is 8.39. The number of fused-ring (bicyclic) bond motifs is 7. The van der Waals surface area contributed by atoms with Gasteiger partial charge in [-0.05, 0) is 117 Å². The molecule has 0 saturated heterocycles. The molecule has 0 radical (unpaired) electrons. The highest BCUT2D eigenvalue weighted by molar-refractivity contribution is 7.25. The molecular formula is C58H38N2S. The average Bonchev–Trinajstić information content (AvgIpc) is 3.88. The Morgan fingerprint density at radius 1 is 0.328 bits per heavy atom. The van der Waals surface area contributed by atoms with Gasteiger partial charge in [0.15, 0.2) is 0 Å². The van der Waals surface area contributed by atoms with Crippen molar-refractivity contribution in [3.63, 3.8) is 0 Å². The first-order chi connectivity index (χ1) is 30.2. The van der Waals surface area contributed by atoms with Crippen LogP contribution in [0.5, 0.6) is 0 Å². The van der Waals surface area contributed by atoms with Gasteiger partial charge in [0, 0.05) is 53.7 Å². The summed E-state index contributed by atoms with van der Waals surface area (Å²) in [5, 5.41) is 7.62. The molecule has 2 heterocycles. The van der Waals surface area contributed by atoms with Crippen molar-refractivity contribution in [1.82, 2.24) is 4.57 Å². The molecule has 0 N–H and O–H groups in total. The first-order valence-electron chi connectivity index (χ1n) is 20.8. The molecule has 61 heavy (non-hydrogen) atoms. The van der Waals surface area contributed by atoms with Crippen molar-refractivity contribution < 1.29 is 0 Å². The SMILES string of the molecule is c1ccc(-c2cccc3cccc(-c4ccc(N(c5ccc(-c6cccc(-n7c8ccccc8c8ccccc87)c6)cc5)c5ccc6sc7ccccc7c6c5)cc4)c23)cc1. The maximum absolute atomic E-state index is 2.40. The lowest BCUT2D eigenvalue weighted by Gasteiger charge is -2.26. The summed E-state index contributed by atoms with van der Waals surface area (Å²) in [4.78, 5) is 2.40. The fourth-order valence-corrected chi connectivity index (χ4v) is 10.4. The first kappa shape index (κ1) is 35.2. The normalized spacial score (nSPS) is 11.6. The van der Waals surface area contributed by atoms with Gasteiger partial charge < -0.3 is 9.47 Å². The summed E-state index contributed by atoms with van der Waals surface area (Å²) in [5.41, 5.74) is 14.2. The van der Waals surface area contributed by atoms with Crippen molar-refractivity contribution in [2.45, 2.75) is 0 Å². The quantitative estimate of drug-likeness (QED) is 0.156. The second-order valence-electron chi connectivity index (χ2n) is 15.7. The zero-order valence-corrected chi connectivity index (χ0v) is 34.1. The van der Waals surface area contributed by atoms with Crippen LogP contribution in [0.2, 0.25) is 0 Å². The van der Waals surface area contributed by atoms with E-state index in [1.165, 1.54) is 86.1 Å². The number of para-hydroxylation sites is 2. The fraction of sp³-hybridized carbons (Fsp3) is 0. The molecule has 2 nitrogen and oxygen atoms in total. The van der Waals surface area contributed by atoms with Gasteiger partial charge >= 0.3 is 0 Å². The van der Waals surface area contributed by atoms with E-state index in [1.807, 2.05) is 11.3 Å². The number of rotatable bonds is 7. The van der Waals surface area contributed by atoms with Crippen LogP contribution in [0.15, 0.2) is 231 Å². The van der Waals surface area contributed by atoms with Crippen LogP contribution in [0.25, 0.3) is 91.8 Å². The van der Waals surface area contributed by atoms with Crippen molar-refractivity contribution in [3.05, 3.63) is 231 Å². The molecular weight excluding hydrogens is 757 g/mol. The highest BCUT2D eigenvalue weighted by Crippen LogP contribution is 2.43. The van der Waals surface area contributed by atoms with Crippen LogP contribution >= 0.6 is 11.3 Å². The lowest BCUT2D eigenvalue weighted by Crippen LogP contribution is -2.09. The summed E-state index contributed by atoms with van der Waals surface area (Å²) in [6.07, 6.45) is 0. The Hall–Kier alpha value is -7.72. The van der Waals surface area contributed by atoms with Gasteiger partial charge in [-0.15, -0.1) is 11.3 Å². The van der Waals surface area contributed by atoms with E-state index in [0.717, 1.165) is 22.7 Å². The van der Waals surface area contributed by atoms with Crippen LogP contribution in [0.1, 0.15) is 0 Å². The number of benzene rings is 10. The zero-order valence-electron chi connectivity index (χ0n) is 33.2. The molecule has 3 heteroatoms. The topological polar surface area (TPSA) is 8.17 Å². The highest BCUT2D eigenvalue weighted by Gasteiger charge is 2.18. The smallest absolute Gasteiger partial charge is 0.0541 e. The number of anilines is 3. The Morgan fingerprint density at radius 3 is 1.54 bits per heavy atom. The van der Waals surface area contributed by atoms with Gasteiger partial charge in [-0.1, -0.05) is 158 Å². The van der Waals surface area contributed by atoms with Gasteiger partial charge in [0.1, 0.15) is 0 Å². The second-order valence-corrected chi connectivity index (χ2v) is 16.8. The molecule has 0 bridgehead atoms. The van der Waals surface area contributed by atoms with Gasteiger partial charge in [-0.3, -0.25) is 0 Å². The number of nitrogens with zero attached hydrogens (tertiary/aromatic N) is 2. The van der Waals surface area contributed by atoms with Crippen LogP contribution < -0.4 is 4.90 Å². The van der Waals surface area contributed by atoms with E-state index in [0.29, 0.717) is 0 Å². The summed E-state index contributed by atoms with van der Waals surface area (Å²) in [7, 11) is 0. The van der Waals surface area contributed by atoms with Gasteiger partial charge in [-0.25, -0.2) is 0 Å². The molecule has 0 aliphatic heterocycles. The van der Waals surface area contributed by atoms with Crippen LogP contribution in [0.4, 0.5) is 17.1 Å². The van der Waals surface area contributed by atoms with Crippen molar-refractivity contribution in [1.29, 1.82) is 0 Å². The Bertz CT molecular complexity index is 3520. The van der Waals surface area contributed by atoms with Gasteiger partial charge in [0.05, 0.1) is 11.0 Å². The average molecular weight is 795 g/mol. The minimum absolute atomic E-state index is 1.10. The Morgan fingerprint density at radius 2 is 0.852 bits per heavy atom. The van der Waals surface area contributed by atoms with E-state index in [4.69, 9.17) is 0 Å². The van der Waals surface area contributed by atoms with E-state index in [2.05, 4.69) is 240 Å². The minimum atomic E-state index is 1.10. The largest absolute Gasteiger partial charge is 0.310 e.